The van der Waals surface area contributed by atoms with Crippen molar-refractivity contribution in [3.8, 4) is 0 Å². The van der Waals surface area contributed by atoms with E-state index in [0.717, 1.165) is 12.0 Å². The largest absolute Gasteiger partial charge is 0.238 e. The van der Waals surface area contributed by atoms with Crippen molar-refractivity contribution in [2.24, 2.45) is 5.92 Å². The molecule has 1 aromatic carbocycles. The Hall–Kier alpha value is -0.773. The molecule has 1 heterocycles. The van der Waals surface area contributed by atoms with Crippen molar-refractivity contribution in [2.75, 3.05) is 0 Å². The highest BCUT2D eigenvalue weighted by molar-refractivity contribution is 6.60. The fraction of sp³-hybridized carbons (Fsp3) is 0.714. The molecule has 0 bridgehead atoms. The lowest BCUT2D eigenvalue weighted by Crippen LogP contribution is -2.29. The van der Waals surface area contributed by atoms with E-state index >= 15 is 0 Å². The van der Waals surface area contributed by atoms with Crippen LogP contribution in [0.2, 0.25) is 17.6 Å². The molecular weight excluding hydrogens is 337 g/mol. The van der Waals surface area contributed by atoms with Gasteiger partial charge in [0.1, 0.15) is 5.82 Å². The lowest BCUT2D eigenvalue weighted by Gasteiger charge is -2.37. The maximum atomic E-state index is 13.1. The van der Waals surface area contributed by atoms with Gasteiger partial charge in [-0.05, 0) is 54.3 Å². The van der Waals surface area contributed by atoms with Crippen molar-refractivity contribution in [1.82, 2.24) is 0 Å². The van der Waals surface area contributed by atoms with Crippen LogP contribution < -0.4 is 0 Å². The normalized spacial score (nSPS) is 30.6. The molecule has 0 amide bonds. The third kappa shape index (κ3) is 5.60. The minimum absolute atomic E-state index is 0.0854. The Morgan fingerprint density at radius 2 is 1.56 bits per heavy atom. The van der Waals surface area contributed by atoms with Gasteiger partial charge in [-0.25, -0.2) is 13.2 Å². The molecule has 0 spiro atoms. The van der Waals surface area contributed by atoms with E-state index < -0.39 is 15.2 Å². The van der Waals surface area contributed by atoms with E-state index in [-0.39, 0.29) is 12.2 Å². The summed E-state index contributed by atoms with van der Waals surface area (Å²) in [5.74, 6) is 1.20. The van der Waals surface area contributed by atoms with E-state index in [1.54, 1.807) is 12.1 Å². The van der Waals surface area contributed by atoms with Crippen LogP contribution in [0.4, 0.5) is 13.2 Å². The first-order valence-electron chi connectivity index (χ1n) is 10.2. The van der Waals surface area contributed by atoms with Crippen LogP contribution in [0.1, 0.15) is 69.3 Å². The zero-order valence-electron chi connectivity index (χ0n) is 15.1. The molecule has 2 fully saturated rings. The predicted octanol–water partition coefficient (Wildman–Crippen LogP) is 6.93. The van der Waals surface area contributed by atoms with Crippen molar-refractivity contribution in [3.63, 3.8) is 0 Å². The van der Waals surface area contributed by atoms with Gasteiger partial charge >= 0.3 is 0 Å². The molecule has 1 aliphatic heterocycles. The molecule has 4 heteroatoms. The van der Waals surface area contributed by atoms with E-state index in [4.69, 9.17) is 0 Å². The molecule has 0 N–H and O–H groups in total. The van der Waals surface area contributed by atoms with Gasteiger partial charge < -0.3 is 0 Å². The SMILES string of the molecule is Fc1ccc(C2CC[SiH](C3CCC(CCCC(F)F)CC3)CC2)cc1. The molecule has 140 valence electrons. The second-order valence-corrected chi connectivity index (χ2v) is 11.9. The fourth-order valence-electron chi connectivity index (χ4n) is 5.17. The maximum absolute atomic E-state index is 13.1. The Morgan fingerprint density at radius 1 is 0.920 bits per heavy atom. The average Bonchev–Trinajstić information content (AvgIpc) is 2.63. The van der Waals surface area contributed by atoms with Crippen molar-refractivity contribution in [2.45, 2.75) is 87.8 Å². The average molecular weight is 369 g/mol. The minimum Gasteiger partial charge on any atom is -0.211 e. The van der Waals surface area contributed by atoms with Crippen LogP contribution in [0.5, 0.6) is 0 Å². The predicted molar refractivity (Wildman–Crippen MR) is 101 cm³/mol. The topological polar surface area (TPSA) is 0 Å². The van der Waals surface area contributed by atoms with Crippen LogP contribution in [-0.4, -0.2) is 15.2 Å². The van der Waals surface area contributed by atoms with Crippen LogP contribution in [0.25, 0.3) is 0 Å². The van der Waals surface area contributed by atoms with Crippen molar-refractivity contribution < 1.29 is 13.2 Å². The summed E-state index contributed by atoms with van der Waals surface area (Å²) < 4.78 is 37.6. The number of alkyl halides is 2. The van der Waals surface area contributed by atoms with E-state index in [2.05, 4.69) is 0 Å². The van der Waals surface area contributed by atoms with Crippen LogP contribution in [0.3, 0.4) is 0 Å². The summed E-state index contributed by atoms with van der Waals surface area (Å²) in [7, 11) is -0.644. The molecule has 0 radical (unpaired) electrons. The fourth-order valence-corrected chi connectivity index (χ4v) is 9.39. The second kappa shape index (κ2) is 9.25. The Morgan fingerprint density at radius 3 is 2.16 bits per heavy atom. The number of hydrogen-bond donors (Lipinski definition) is 0. The third-order valence-corrected chi connectivity index (χ3v) is 10.9. The van der Waals surface area contributed by atoms with E-state index in [0.29, 0.717) is 18.3 Å². The van der Waals surface area contributed by atoms with Gasteiger partial charge in [0.05, 0.1) is 0 Å². The monoisotopic (exact) mass is 368 g/mol. The highest BCUT2D eigenvalue weighted by atomic mass is 28.3. The molecule has 3 rings (SSSR count). The molecule has 0 nitrogen and oxygen atoms in total. The standard InChI is InChI=1S/C21H31F3Si/c22-19-8-6-17(7-9-19)18-12-14-25(15-13-18)20-10-4-16(5-11-20)2-1-3-21(23)24/h6-9,16,18,20-21,25H,1-5,10-15H2. The minimum atomic E-state index is -2.12. The molecule has 0 unspecified atom stereocenters. The summed E-state index contributed by atoms with van der Waals surface area (Å²) in [6.45, 7) is 0. The molecular formula is C21H31F3Si. The van der Waals surface area contributed by atoms with Crippen LogP contribution >= 0.6 is 0 Å². The van der Waals surface area contributed by atoms with Gasteiger partial charge in [0.2, 0.25) is 6.43 Å². The Labute approximate surface area is 151 Å². The molecule has 25 heavy (non-hydrogen) atoms. The smallest absolute Gasteiger partial charge is 0.211 e. The van der Waals surface area contributed by atoms with Gasteiger partial charge in [-0.3, -0.25) is 0 Å². The summed E-state index contributed by atoms with van der Waals surface area (Å²) in [5.41, 5.74) is 2.30. The summed E-state index contributed by atoms with van der Waals surface area (Å²) in [6, 6.07) is 9.98. The van der Waals surface area contributed by atoms with Gasteiger partial charge in [-0.1, -0.05) is 56.3 Å². The molecule has 0 aromatic heterocycles. The number of benzene rings is 1. The summed E-state index contributed by atoms with van der Waals surface area (Å²) in [5, 5.41) is 0. The Balaban J connectivity index is 1.38. The van der Waals surface area contributed by atoms with Gasteiger partial charge in [0.25, 0.3) is 0 Å². The van der Waals surface area contributed by atoms with Crippen LogP contribution in [0.15, 0.2) is 24.3 Å². The first-order chi connectivity index (χ1) is 12.1. The van der Waals surface area contributed by atoms with E-state index in [9.17, 15) is 13.2 Å². The quantitative estimate of drug-likeness (QED) is 0.478. The van der Waals surface area contributed by atoms with Crippen LogP contribution in [-0.2, 0) is 0 Å². The Kier molecular flexibility index (Phi) is 7.03. The Bertz CT molecular complexity index is 500. The number of halogens is 3. The molecule has 1 aromatic rings. The highest BCUT2D eigenvalue weighted by Crippen LogP contribution is 2.44. The first kappa shape index (κ1) is 19.0. The van der Waals surface area contributed by atoms with Crippen molar-refractivity contribution in [1.29, 1.82) is 0 Å². The molecule has 1 saturated heterocycles. The van der Waals surface area contributed by atoms with Gasteiger partial charge in [0.15, 0.2) is 0 Å². The van der Waals surface area contributed by atoms with E-state index in [1.165, 1.54) is 56.2 Å². The lowest BCUT2D eigenvalue weighted by atomic mass is 9.85. The number of rotatable bonds is 6. The third-order valence-electron chi connectivity index (χ3n) is 6.71. The van der Waals surface area contributed by atoms with Crippen molar-refractivity contribution in [3.05, 3.63) is 35.6 Å². The second-order valence-electron chi connectivity index (χ2n) is 8.27. The first-order valence-corrected chi connectivity index (χ1v) is 12.5. The van der Waals surface area contributed by atoms with E-state index in [1.807, 2.05) is 12.1 Å². The van der Waals surface area contributed by atoms with Gasteiger partial charge in [-0.2, -0.15) is 0 Å². The zero-order valence-corrected chi connectivity index (χ0v) is 16.3. The molecule has 2 aliphatic rings. The molecule has 1 saturated carbocycles. The van der Waals surface area contributed by atoms with Gasteiger partial charge in [0, 0.05) is 15.2 Å². The number of hydrogen-bond acceptors (Lipinski definition) is 0. The molecule has 1 aliphatic carbocycles. The summed E-state index contributed by atoms with van der Waals surface area (Å²) >= 11 is 0. The van der Waals surface area contributed by atoms with Crippen LogP contribution in [0, 0.1) is 11.7 Å². The highest BCUT2D eigenvalue weighted by Gasteiger charge is 2.32. The molecule has 0 atom stereocenters. The maximum Gasteiger partial charge on any atom is 0.238 e. The lowest BCUT2D eigenvalue weighted by molar-refractivity contribution is 0.130. The van der Waals surface area contributed by atoms with Gasteiger partial charge in [-0.15, -0.1) is 0 Å². The summed E-state index contributed by atoms with van der Waals surface area (Å²) in [4.78, 5) is 0. The zero-order chi connectivity index (χ0) is 17.6. The summed E-state index contributed by atoms with van der Waals surface area (Å²) in [6.07, 6.45) is 7.52. The van der Waals surface area contributed by atoms with Crippen molar-refractivity contribution >= 4 is 8.80 Å².